The SMILES string of the molecule is CN1C(=O)CCC1c1cc2[nH]c(-c3ccccn3)cc2cc1Oc1ccc(CC(=O)O)cc1. The molecular formula is C26H23N3O4. The third kappa shape index (κ3) is 4.17. The first-order chi connectivity index (χ1) is 16.0. The summed E-state index contributed by atoms with van der Waals surface area (Å²) in [5.74, 6) is 0.523. The molecule has 5 rings (SSSR count). The summed E-state index contributed by atoms with van der Waals surface area (Å²) >= 11 is 0. The van der Waals surface area contributed by atoms with E-state index in [1.165, 1.54) is 0 Å². The van der Waals surface area contributed by atoms with Gasteiger partial charge in [0.05, 0.1) is 23.9 Å². The molecular weight excluding hydrogens is 418 g/mol. The minimum Gasteiger partial charge on any atom is -0.481 e. The number of hydrogen-bond donors (Lipinski definition) is 2. The summed E-state index contributed by atoms with van der Waals surface area (Å²) in [6, 6.07) is 18.8. The first kappa shape index (κ1) is 20.8. The van der Waals surface area contributed by atoms with Gasteiger partial charge in [0.1, 0.15) is 11.5 Å². The highest BCUT2D eigenvalue weighted by Crippen LogP contribution is 2.41. The Morgan fingerprint density at radius 3 is 2.67 bits per heavy atom. The van der Waals surface area contributed by atoms with Gasteiger partial charge >= 0.3 is 5.97 Å². The van der Waals surface area contributed by atoms with Crippen molar-refractivity contribution in [3.63, 3.8) is 0 Å². The predicted octanol–water partition coefficient (Wildman–Crippen LogP) is 4.94. The maximum absolute atomic E-state index is 12.2. The maximum Gasteiger partial charge on any atom is 0.307 e. The second-order valence-electron chi connectivity index (χ2n) is 8.25. The molecule has 1 fully saturated rings. The van der Waals surface area contributed by atoms with Crippen LogP contribution in [-0.2, 0) is 16.0 Å². The number of rotatable bonds is 6. The highest BCUT2D eigenvalue weighted by atomic mass is 16.5. The number of amides is 1. The minimum absolute atomic E-state index is 0.0356. The molecule has 1 saturated heterocycles. The largest absolute Gasteiger partial charge is 0.481 e. The Balaban J connectivity index is 1.55. The van der Waals surface area contributed by atoms with Crippen molar-refractivity contribution in [1.29, 1.82) is 0 Å². The van der Waals surface area contributed by atoms with E-state index >= 15 is 0 Å². The molecule has 0 spiro atoms. The van der Waals surface area contributed by atoms with Crippen LogP contribution >= 0.6 is 0 Å². The van der Waals surface area contributed by atoms with Crippen molar-refractivity contribution in [2.75, 3.05) is 7.05 Å². The van der Waals surface area contributed by atoms with Gasteiger partial charge in [-0.25, -0.2) is 0 Å². The Kier molecular flexibility index (Phi) is 5.30. The van der Waals surface area contributed by atoms with Crippen LogP contribution < -0.4 is 4.74 Å². The number of hydrogen-bond acceptors (Lipinski definition) is 4. The van der Waals surface area contributed by atoms with E-state index in [4.69, 9.17) is 9.84 Å². The molecule has 0 saturated carbocycles. The van der Waals surface area contributed by atoms with E-state index in [1.807, 2.05) is 37.4 Å². The number of likely N-dealkylation sites (tertiary alicyclic amines) is 1. The van der Waals surface area contributed by atoms with Crippen LogP contribution in [0.25, 0.3) is 22.3 Å². The molecule has 7 nitrogen and oxygen atoms in total. The average molecular weight is 441 g/mol. The summed E-state index contributed by atoms with van der Waals surface area (Å²) in [5, 5.41) is 9.97. The summed E-state index contributed by atoms with van der Waals surface area (Å²) in [6.45, 7) is 0. The minimum atomic E-state index is -0.874. The molecule has 1 atom stereocenters. The van der Waals surface area contributed by atoms with Gasteiger partial charge in [0.15, 0.2) is 0 Å². The van der Waals surface area contributed by atoms with Crippen molar-refractivity contribution >= 4 is 22.8 Å². The third-order valence-electron chi connectivity index (χ3n) is 6.05. The number of carbonyl (C=O) groups is 2. The second-order valence-corrected chi connectivity index (χ2v) is 8.25. The van der Waals surface area contributed by atoms with E-state index in [-0.39, 0.29) is 18.4 Å². The van der Waals surface area contributed by atoms with Gasteiger partial charge in [0, 0.05) is 36.1 Å². The molecule has 2 aromatic heterocycles. The first-order valence-electron chi connectivity index (χ1n) is 10.8. The first-order valence-corrected chi connectivity index (χ1v) is 10.8. The Hall–Kier alpha value is -4.13. The predicted molar refractivity (Wildman–Crippen MR) is 124 cm³/mol. The fraction of sp³-hybridized carbons (Fsp3) is 0.192. The number of carboxylic acid groups (broad SMARTS) is 1. The highest BCUT2D eigenvalue weighted by molar-refractivity contribution is 5.88. The van der Waals surface area contributed by atoms with Crippen molar-refractivity contribution in [2.24, 2.45) is 0 Å². The molecule has 1 aliphatic rings. The summed E-state index contributed by atoms with van der Waals surface area (Å²) in [7, 11) is 1.82. The number of nitrogens with one attached hydrogen (secondary N) is 1. The van der Waals surface area contributed by atoms with Gasteiger partial charge < -0.3 is 19.7 Å². The normalized spacial score (nSPS) is 15.8. The van der Waals surface area contributed by atoms with E-state index in [1.54, 1.807) is 35.4 Å². The molecule has 0 aliphatic carbocycles. The van der Waals surface area contributed by atoms with Crippen LogP contribution in [0.5, 0.6) is 11.5 Å². The van der Waals surface area contributed by atoms with Gasteiger partial charge in [-0.2, -0.15) is 0 Å². The Bertz CT molecular complexity index is 1330. The summed E-state index contributed by atoms with van der Waals surface area (Å²) in [5.41, 5.74) is 4.34. The van der Waals surface area contributed by atoms with E-state index in [9.17, 15) is 9.59 Å². The number of aromatic amines is 1. The zero-order chi connectivity index (χ0) is 22.9. The highest BCUT2D eigenvalue weighted by Gasteiger charge is 2.31. The van der Waals surface area contributed by atoms with Crippen LogP contribution in [0.4, 0.5) is 0 Å². The Labute approximate surface area is 190 Å². The Morgan fingerprint density at radius 1 is 1.18 bits per heavy atom. The fourth-order valence-electron chi connectivity index (χ4n) is 4.33. The second kappa shape index (κ2) is 8.43. The van der Waals surface area contributed by atoms with Gasteiger partial charge in [-0.05, 0) is 54.4 Å². The van der Waals surface area contributed by atoms with E-state index in [0.717, 1.165) is 34.3 Å². The topological polar surface area (TPSA) is 95.5 Å². The standard InChI is InChI=1S/C26H23N3O4/c1-29-23(9-10-25(29)30)19-15-21-17(13-22(28-21)20-4-2-3-11-27-20)14-24(19)33-18-7-5-16(6-8-18)12-26(31)32/h2-8,11,13-15,23,28H,9-10,12H2,1H3,(H,31,32). The summed E-state index contributed by atoms with van der Waals surface area (Å²) < 4.78 is 6.27. The van der Waals surface area contributed by atoms with Gasteiger partial charge in [0.2, 0.25) is 5.91 Å². The van der Waals surface area contributed by atoms with Crippen LogP contribution in [0.1, 0.15) is 30.0 Å². The van der Waals surface area contributed by atoms with Gasteiger partial charge in [0.25, 0.3) is 0 Å². The number of aromatic nitrogens is 2. The number of ether oxygens (including phenoxy) is 1. The number of aliphatic carboxylic acids is 1. The van der Waals surface area contributed by atoms with Crippen molar-refractivity contribution in [3.05, 3.63) is 78.0 Å². The monoisotopic (exact) mass is 441 g/mol. The zero-order valence-corrected chi connectivity index (χ0v) is 18.1. The maximum atomic E-state index is 12.2. The smallest absolute Gasteiger partial charge is 0.307 e. The van der Waals surface area contributed by atoms with E-state index < -0.39 is 5.97 Å². The molecule has 4 aromatic rings. The number of pyridine rings is 1. The lowest BCUT2D eigenvalue weighted by atomic mass is 10.0. The number of fused-ring (bicyclic) bond motifs is 1. The van der Waals surface area contributed by atoms with Crippen LogP contribution in [-0.4, -0.2) is 38.9 Å². The summed E-state index contributed by atoms with van der Waals surface area (Å²) in [4.78, 5) is 32.8. The van der Waals surface area contributed by atoms with Crippen LogP contribution in [0.3, 0.4) is 0 Å². The average Bonchev–Trinajstić information content (AvgIpc) is 3.37. The van der Waals surface area contributed by atoms with Gasteiger partial charge in [-0.3, -0.25) is 14.6 Å². The molecule has 2 N–H and O–H groups in total. The Morgan fingerprint density at radius 2 is 2.00 bits per heavy atom. The summed E-state index contributed by atoms with van der Waals surface area (Å²) in [6.07, 6.45) is 2.95. The van der Waals surface area contributed by atoms with Crippen molar-refractivity contribution in [2.45, 2.75) is 25.3 Å². The van der Waals surface area contributed by atoms with Crippen molar-refractivity contribution in [1.82, 2.24) is 14.9 Å². The van der Waals surface area contributed by atoms with E-state index in [2.05, 4.69) is 16.0 Å². The van der Waals surface area contributed by atoms with Crippen molar-refractivity contribution in [3.8, 4) is 22.9 Å². The zero-order valence-electron chi connectivity index (χ0n) is 18.1. The van der Waals surface area contributed by atoms with E-state index in [0.29, 0.717) is 23.5 Å². The lowest BCUT2D eigenvalue weighted by molar-refractivity contribution is -0.136. The molecule has 166 valence electrons. The van der Waals surface area contributed by atoms with Gasteiger partial charge in [-0.15, -0.1) is 0 Å². The van der Waals surface area contributed by atoms with Crippen LogP contribution in [0.2, 0.25) is 0 Å². The quantitative estimate of drug-likeness (QED) is 0.442. The molecule has 0 bridgehead atoms. The molecule has 1 unspecified atom stereocenters. The molecule has 1 amide bonds. The number of carbonyl (C=O) groups excluding carboxylic acids is 1. The van der Waals surface area contributed by atoms with Crippen LogP contribution in [0, 0.1) is 0 Å². The lowest BCUT2D eigenvalue weighted by Gasteiger charge is -2.23. The third-order valence-corrected chi connectivity index (χ3v) is 6.05. The lowest BCUT2D eigenvalue weighted by Crippen LogP contribution is -2.22. The number of nitrogens with zero attached hydrogens (tertiary/aromatic N) is 2. The molecule has 7 heteroatoms. The van der Waals surface area contributed by atoms with Crippen molar-refractivity contribution < 1.29 is 19.4 Å². The number of H-pyrrole nitrogens is 1. The van der Waals surface area contributed by atoms with Crippen LogP contribution in [0.15, 0.2) is 66.9 Å². The molecule has 33 heavy (non-hydrogen) atoms. The number of carboxylic acids is 1. The molecule has 3 heterocycles. The molecule has 1 aliphatic heterocycles. The molecule has 2 aromatic carbocycles. The fourth-order valence-corrected chi connectivity index (χ4v) is 4.33. The number of benzene rings is 2. The van der Waals surface area contributed by atoms with Gasteiger partial charge in [-0.1, -0.05) is 18.2 Å². The molecule has 0 radical (unpaired) electrons.